The first-order valence-corrected chi connectivity index (χ1v) is 13.7. The van der Waals surface area contributed by atoms with Crippen LogP contribution < -0.4 is 15.5 Å². The number of benzene rings is 1. The Morgan fingerprint density at radius 3 is 2.56 bits per heavy atom. The van der Waals surface area contributed by atoms with Gasteiger partial charge in [-0.2, -0.15) is 0 Å². The van der Waals surface area contributed by atoms with Crippen LogP contribution in [-0.4, -0.2) is 63.0 Å². The largest absolute Gasteiger partial charge is 0.377 e. The van der Waals surface area contributed by atoms with Gasteiger partial charge in [0.25, 0.3) is 0 Å². The smallest absolute Gasteiger partial charge is 0.319 e. The minimum atomic E-state index is -3.36. The van der Waals surface area contributed by atoms with E-state index in [2.05, 4.69) is 22.5 Å². The van der Waals surface area contributed by atoms with Gasteiger partial charge in [0.2, 0.25) is 0 Å². The first-order chi connectivity index (χ1) is 16.2. The number of hydrogen-bond acceptors (Lipinski definition) is 7. The van der Waals surface area contributed by atoms with E-state index in [4.69, 9.17) is 14.7 Å². The van der Waals surface area contributed by atoms with E-state index in [9.17, 15) is 13.2 Å². The normalized spacial score (nSPS) is 19.9. The lowest BCUT2D eigenvalue weighted by atomic mass is 9.81. The van der Waals surface area contributed by atoms with Gasteiger partial charge in [0.1, 0.15) is 10.6 Å². The van der Waals surface area contributed by atoms with Crippen LogP contribution in [0.5, 0.6) is 0 Å². The molecule has 10 heteroatoms. The summed E-state index contributed by atoms with van der Waals surface area (Å²) in [6.45, 7) is 6.53. The van der Waals surface area contributed by atoms with Gasteiger partial charge >= 0.3 is 6.03 Å². The number of nitrogens with one attached hydrogen (secondary N) is 2. The lowest BCUT2D eigenvalue weighted by Gasteiger charge is -2.40. The molecule has 2 aromatic rings. The highest BCUT2D eigenvalue weighted by Gasteiger charge is 2.49. The third-order valence-electron chi connectivity index (χ3n) is 6.65. The average Bonchev–Trinajstić information content (AvgIpc) is 2.76. The molecule has 9 nitrogen and oxygen atoms in total. The summed E-state index contributed by atoms with van der Waals surface area (Å²) in [5.74, 6) is 1.19. The molecule has 4 rings (SSSR count). The van der Waals surface area contributed by atoms with E-state index in [-0.39, 0.29) is 12.1 Å². The van der Waals surface area contributed by atoms with Crippen molar-refractivity contribution in [2.24, 2.45) is 0 Å². The molecule has 1 aromatic carbocycles. The summed E-state index contributed by atoms with van der Waals surface area (Å²) in [7, 11) is -3.36. The third-order valence-corrected chi connectivity index (χ3v) is 8.69. The van der Waals surface area contributed by atoms with Crippen molar-refractivity contribution in [1.82, 2.24) is 15.3 Å². The van der Waals surface area contributed by atoms with Crippen LogP contribution in [0.2, 0.25) is 0 Å². The van der Waals surface area contributed by atoms with Crippen LogP contribution in [0.4, 0.5) is 16.3 Å². The van der Waals surface area contributed by atoms with Gasteiger partial charge in [0, 0.05) is 36.7 Å². The molecule has 1 atom stereocenters. The second-order valence-electron chi connectivity index (χ2n) is 9.13. The number of amides is 2. The Labute approximate surface area is 201 Å². The summed E-state index contributed by atoms with van der Waals surface area (Å²) in [6, 6.07) is 8.99. The molecule has 1 saturated heterocycles. The molecule has 0 radical (unpaired) electrons. The fraction of sp³-hybridized carbons (Fsp3) is 0.542. The predicted octanol–water partition coefficient (Wildman–Crippen LogP) is 3.32. The molecule has 0 bridgehead atoms. The number of sulfone groups is 1. The number of morpholine rings is 1. The van der Waals surface area contributed by atoms with Crippen LogP contribution in [0.1, 0.15) is 45.2 Å². The molecule has 0 unspecified atom stereocenters. The molecule has 2 aliphatic rings. The minimum absolute atomic E-state index is 0.119. The molecule has 0 spiro atoms. The molecule has 2 amide bonds. The highest BCUT2D eigenvalue weighted by Crippen LogP contribution is 2.48. The Morgan fingerprint density at radius 2 is 1.97 bits per heavy atom. The lowest BCUT2D eigenvalue weighted by Crippen LogP contribution is -2.45. The molecule has 1 saturated carbocycles. The van der Waals surface area contributed by atoms with Crippen molar-refractivity contribution in [2.45, 2.75) is 50.3 Å². The fourth-order valence-electron chi connectivity index (χ4n) is 4.44. The molecule has 1 aromatic heterocycles. The SMILES string of the molecule is CCCNC(=O)Nc1ccc(-c2nc(N3CCOC[C@@H]3C)cc(C3(S(C)(=O)=O)CCC3)n2)cc1. The zero-order chi connectivity index (χ0) is 24.3. The van der Waals surface area contributed by atoms with Gasteiger partial charge in [0.05, 0.1) is 24.9 Å². The van der Waals surface area contributed by atoms with Gasteiger partial charge in [-0.3, -0.25) is 0 Å². The number of carbonyl (C=O) groups is 1. The first-order valence-electron chi connectivity index (χ1n) is 11.8. The summed E-state index contributed by atoms with van der Waals surface area (Å²) in [5.41, 5.74) is 1.97. The summed E-state index contributed by atoms with van der Waals surface area (Å²) in [5, 5.41) is 5.58. The Balaban J connectivity index is 1.70. The topological polar surface area (TPSA) is 114 Å². The van der Waals surface area contributed by atoms with E-state index in [1.54, 1.807) is 12.1 Å². The van der Waals surface area contributed by atoms with Crippen molar-refractivity contribution in [1.29, 1.82) is 0 Å². The number of ether oxygens (including phenoxy) is 1. The molecule has 1 aliphatic heterocycles. The zero-order valence-electron chi connectivity index (χ0n) is 20.0. The second-order valence-corrected chi connectivity index (χ2v) is 11.5. The van der Waals surface area contributed by atoms with Crippen LogP contribution in [0.25, 0.3) is 11.4 Å². The zero-order valence-corrected chi connectivity index (χ0v) is 20.8. The molecule has 1 aliphatic carbocycles. The van der Waals surface area contributed by atoms with E-state index < -0.39 is 14.6 Å². The molecule has 2 N–H and O–H groups in total. The van der Waals surface area contributed by atoms with Crippen molar-refractivity contribution in [3.8, 4) is 11.4 Å². The van der Waals surface area contributed by atoms with Crippen LogP contribution in [0.3, 0.4) is 0 Å². The number of urea groups is 1. The van der Waals surface area contributed by atoms with Crippen molar-refractivity contribution in [3.05, 3.63) is 36.0 Å². The molecule has 2 heterocycles. The molecular weight excluding hydrogens is 454 g/mol. The van der Waals surface area contributed by atoms with Crippen molar-refractivity contribution >= 4 is 27.4 Å². The summed E-state index contributed by atoms with van der Waals surface area (Å²) in [6.07, 6.45) is 4.15. The number of aromatic nitrogens is 2. The maximum Gasteiger partial charge on any atom is 0.319 e. The fourth-order valence-corrected chi connectivity index (χ4v) is 5.96. The van der Waals surface area contributed by atoms with Crippen molar-refractivity contribution < 1.29 is 17.9 Å². The summed E-state index contributed by atoms with van der Waals surface area (Å²) in [4.78, 5) is 23.7. The predicted molar refractivity (Wildman–Crippen MR) is 133 cm³/mol. The van der Waals surface area contributed by atoms with Crippen LogP contribution in [0, 0.1) is 0 Å². The highest BCUT2D eigenvalue weighted by atomic mass is 32.2. The monoisotopic (exact) mass is 487 g/mol. The molecular formula is C24H33N5O4S. The van der Waals surface area contributed by atoms with Crippen molar-refractivity contribution in [2.75, 3.05) is 42.8 Å². The number of rotatable bonds is 7. The first kappa shape index (κ1) is 24.4. The Hall–Kier alpha value is -2.72. The Bertz CT molecular complexity index is 1130. The lowest BCUT2D eigenvalue weighted by molar-refractivity contribution is 0.0985. The summed E-state index contributed by atoms with van der Waals surface area (Å²) >= 11 is 0. The van der Waals surface area contributed by atoms with Gasteiger partial charge in [-0.1, -0.05) is 6.92 Å². The maximum absolute atomic E-state index is 12.8. The van der Waals surface area contributed by atoms with Gasteiger partial charge in [-0.15, -0.1) is 0 Å². The molecule has 34 heavy (non-hydrogen) atoms. The van der Waals surface area contributed by atoms with Crippen LogP contribution in [-0.2, 0) is 19.3 Å². The highest BCUT2D eigenvalue weighted by molar-refractivity contribution is 7.91. The Kier molecular flexibility index (Phi) is 7.09. The van der Waals surface area contributed by atoms with Gasteiger partial charge in [0.15, 0.2) is 15.7 Å². The second kappa shape index (κ2) is 9.87. The van der Waals surface area contributed by atoms with E-state index >= 15 is 0 Å². The number of hydrogen-bond donors (Lipinski definition) is 2. The average molecular weight is 488 g/mol. The summed E-state index contributed by atoms with van der Waals surface area (Å²) < 4.78 is 30.3. The van der Waals surface area contributed by atoms with E-state index in [0.717, 1.165) is 18.4 Å². The van der Waals surface area contributed by atoms with E-state index in [0.29, 0.717) is 62.2 Å². The Morgan fingerprint density at radius 1 is 1.24 bits per heavy atom. The number of anilines is 2. The molecule has 184 valence electrons. The van der Waals surface area contributed by atoms with E-state index in [1.807, 2.05) is 25.1 Å². The van der Waals surface area contributed by atoms with Gasteiger partial charge < -0.3 is 20.3 Å². The number of carbonyl (C=O) groups excluding carboxylic acids is 1. The van der Waals surface area contributed by atoms with Crippen LogP contribution in [0.15, 0.2) is 30.3 Å². The van der Waals surface area contributed by atoms with Gasteiger partial charge in [-0.05, 0) is 56.9 Å². The standard InChI is InChI=1S/C24H33N5O4S/c1-4-12-25-23(30)26-19-8-6-18(7-9-19)22-27-20(24(10-5-11-24)34(3,31)32)15-21(28-22)29-13-14-33-16-17(29)2/h6-9,15,17H,4-5,10-14,16H2,1-3H3,(H2,25,26,30)/t17-/m0/s1. The van der Waals surface area contributed by atoms with E-state index in [1.165, 1.54) is 6.26 Å². The van der Waals surface area contributed by atoms with Gasteiger partial charge in [-0.25, -0.2) is 23.2 Å². The maximum atomic E-state index is 12.8. The number of nitrogens with zero attached hydrogens (tertiary/aromatic N) is 3. The van der Waals surface area contributed by atoms with Crippen LogP contribution >= 0.6 is 0 Å². The third kappa shape index (κ3) is 4.88. The quantitative estimate of drug-likeness (QED) is 0.616. The molecule has 2 fully saturated rings. The minimum Gasteiger partial charge on any atom is -0.377 e. The van der Waals surface area contributed by atoms with Crippen molar-refractivity contribution in [3.63, 3.8) is 0 Å².